The summed E-state index contributed by atoms with van der Waals surface area (Å²) < 4.78 is 0. The molecule has 0 radical (unpaired) electrons. The third kappa shape index (κ3) is 4.70. The van der Waals surface area contributed by atoms with Gasteiger partial charge in [0.15, 0.2) is 0 Å². The zero-order valence-corrected chi connectivity index (χ0v) is 18.0. The highest BCUT2D eigenvalue weighted by Gasteiger charge is 2.24. The number of rotatable bonds is 5. The highest BCUT2D eigenvalue weighted by molar-refractivity contribution is 5.96. The van der Waals surface area contributed by atoms with Gasteiger partial charge in [-0.1, -0.05) is 60.7 Å². The standard InChI is InChI=1S/C25H24N6O2/c32-23(15-18-9-6-8-17-7-4-5-12-20(17)18)27-24-21-16-31(14-13-22(21)28-29-24)30-25(33)26-19-10-2-1-3-11-19/h1-12H,13-16H2,(H2,26,30,33)(H2,27,28,29,32). The molecule has 4 aromatic rings. The van der Waals surface area contributed by atoms with E-state index in [-0.39, 0.29) is 18.4 Å². The summed E-state index contributed by atoms with van der Waals surface area (Å²) in [5.74, 6) is 0.454. The average Bonchev–Trinajstić information content (AvgIpc) is 3.21. The van der Waals surface area contributed by atoms with Crippen LogP contribution in [0.1, 0.15) is 16.8 Å². The first kappa shape index (κ1) is 20.7. The molecule has 1 aliphatic rings. The van der Waals surface area contributed by atoms with Crippen LogP contribution in [0.25, 0.3) is 10.8 Å². The number of benzene rings is 3. The van der Waals surface area contributed by atoms with E-state index in [2.05, 4.69) is 26.3 Å². The first-order chi connectivity index (χ1) is 16.2. The number of aromatic amines is 1. The Bertz CT molecular complexity index is 1300. The van der Waals surface area contributed by atoms with Crippen molar-refractivity contribution in [3.05, 3.63) is 89.6 Å². The van der Waals surface area contributed by atoms with E-state index < -0.39 is 0 Å². The van der Waals surface area contributed by atoms with Crippen molar-refractivity contribution in [3.8, 4) is 0 Å². The summed E-state index contributed by atoms with van der Waals surface area (Å²) in [5, 5.41) is 17.1. The van der Waals surface area contributed by atoms with Crippen molar-refractivity contribution in [2.75, 3.05) is 17.2 Å². The zero-order valence-electron chi connectivity index (χ0n) is 18.0. The van der Waals surface area contributed by atoms with Crippen LogP contribution in [0.3, 0.4) is 0 Å². The van der Waals surface area contributed by atoms with Crippen molar-refractivity contribution in [1.82, 2.24) is 20.6 Å². The van der Waals surface area contributed by atoms with Crippen LogP contribution in [-0.4, -0.2) is 33.7 Å². The van der Waals surface area contributed by atoms with Crippen molar-refractivity contribution in [2.24, 2.45) is 0 Å². The molecule has 4 N–H and O–H groups in total. The van der Waals surface area contributed by atoms with Crippen LogP contribution in [0.5, 0.6) is 0 Å². The summed E-state index contributed by atoms with van der Waals surface area (Å²) >= 11 is 0. The summed E-state index contributed by atoms with van der Waals surface area (Å²) in [6.45, 7) is 1.07. The number of nitrogens with zero attached hydrogens (tertiary/aromatic N) is 2. The van der Waals surface area contributed by atoms with Gasteiger partial charge in [0.1, 0.15) is 5.82 Å². The molecule has 33 heavy (non-hydrogen) atoms. The van der Waals surface area contributed by atoms with Crippen LogP contribution in [0.2, 0.25) is 0 Å². The molecule has 0 spiro atoms. The van der Waals surface area contributed by atoms with Gasteiger partial charge in [0.25, 0.3) is 0 Å². The number of H-pyrrole nitrogens is 1. The minimum atomic E-state index is -0.310. The van der Waals surface area contributed by atoms with Gasteiger partial charge in [0, 0.05) is 30.8 Å². The maximum absolute atomic E-state index is 12.8. The molecular weight excluding hydrogens is 416 g/mol. The van der Waals surface area contributed by atoms with Gasteiger partial charge in [-0.2, -0.15) is 5.10 Å². The molecule has 3 aromatic carbocycles. The Kier molecular flexibility index (Phi) is 5.73. The molecule has 1 aromatic heterocycles. The number of hydrogen-bond acceptors (Lipinski definition) is 4. The van der Waals surface area contributed by atoms with E-state index in [4.69, 9.17) is 0 Å². The number of hydrazine groups is 1. The summed E-state index contributed by atoms with van der Waals surface area (Å²) in [6.07, 6.45) is 0.924. The first-order valence-electron chi connectivity index (χ1n) is 10.9. The van der Waals surface area contributed by atoms with Gasteiger partial charge in [0.05, 0.1) is 12.1 Å². The summed E-state index contributed by atoms with van der Waals surface area (Å²) in [7, 11) is 0. The number of nitrogens with one attached hydrogen (secondary N) is 4. The highest BCUT2D eigenvalue weighted by atomic mass is 16.2. The number of fused-ring (bicyclic) bond motifs is 2. The normalized spacial score (nSPS) is 13.3. The molecule has 5 rings (SSSR count). The molecule has 0 aliphatic carbocycles. The topological polar surface area (TPSA) is 102 Å². The fourth-order valence-electron chi connectivity index (χ4n) is 4.12. The third-order valence-electron chi connectivity index (χ3n) is 5.71. The van der Waals surface area contributed by atoms with E-state index >= 15 is 0 Å². The Morgan fingerprint density at radius 2 is 1.73 bits per heavy atom. The van der Waals surface area contributed by atoms with Crippen molar-refractivity contribution < 1.29 is 9.59 Å². The molecule has 0 saturated carbocycles. The predicted octanol–water partition coefficient (Wildman–Crippen LogP) is 3.84. The quantitative estimate of drug-likeness (QED) is 0.379. The Balaban J connectivity index is 1.23. The minimum absolute atomic E-state index is 0.121. The molecule has 0 unspecified atom stereocenters. The fraction of sp³-hybridized carbons (Fsp3) is 0.160. The van der Waals surface area contributed by atoms with Crippen LogP contribution >= 0.6 is 0 Å². The van der Waals surface area contributed by atoms with E-state index in [1.54, 1.807) is 0 Å². The number of para-hydroxylation sites is 1. The molecule has 2 heterocycles. The average molecular weight is 441 g/mol. The van der Waals surface area contributed by atoms with Crippen LogP contribution in [0.4, 0.5) is 16.3 Å². The van der Waals surface area contributed by atoms with Crippen LogP contribution in [0, 0.1) is 0 Å². The number of aromatic nitrogens is 2. The highest BCUT2D eigenvalue weighted by Crippen LogP contribution is 2.24. The van der Waals surface area contributed by atoms with Gasteiger partial charge < -0.3 is 10.6 Å². The van der Waals surface area contributed by atoms with Gasteiger partial charge in [-0.25, -0.2) is 9.80 Å². The molecule has 0 saturated heterocycles. The molecule has 0 bridgehead atoms. The summed E-state index contributed by atoms with van der Waals surface area (Å²) in [5.41, 5.74) is 6.34. The minimum Gasteiger partial charge on any atom is -0.311 e. The number of anilines is 2. The Morgan fingerprint density at radius 1 is 0.939 bits per heavy atom. The third-order valence-corrected chi connectivity index (χ3v) is 5.71. The number of amides is 3. The van der Waals surface area contributed by atoms with Gasteiger partial charge in [-0.15, -0.1) is 0 Å². The van der Waals surface area contributed by atoms with E-state index in [0.29, 0.717) is 25.3 Å². The van der Waals surface area contributed by atoms with E-state index in [0.717, 1.165) is 33.3 Å². The molecule has 3 amide bonds. The van der Waals surface area contributed by atoms with Crippen molar-refractivity contribution in [3.63, 3.8) is 0 Å². The molecule has 0 fully saturated rings. The second kappa shape index (κ2) is 9.13. The second-order valence-electron chi connectivity index (χ2n) is 7.99. The molecule has 0 atom stereocenters. The van der Waals surface area contributed by atoms with E-state index in [9.17, 15) is 9.59 Å². The fourth-order valence-corrected chi connectivity index (χ4v) is 4.12. The summed E-state index contributed by atoms with van der Waals surface area (Å²) in [4.78, 5) is 25.2. The number of carbonyl (C=O) groups excluding carboxylic acids is 2. The smallest absolute Gasteiger partial charge is 0.311 e. The SMILES string of the molecule is O=C(Cc1cccc2ccccc12)Nc1[nH]nc2c1CN(NC(=O)Nc1ccccc1)CC2. The lowest BCUT2D eigenvalue weighted by atomic mass is 10.0. The summed E-state index contributed by atoms with van der Waals surface area (Å²) in [6, 6.07) is 23.0. The lowest BCUT2D eigenvalue weighted by Gasteiger charge is -2.27. The zero-order chi connectivity index (χ0) is 22.6. The predicted molar refractivity (Wildman–Crippen MR) is 128 cm³/mol. The number of urea groups is 1. The van der Waals surface area contributed by atoms with Crippen molar-refractivity contribution in [2.45, 2.75) is 19.4 Å². The first-order valence-corrected chi connectivity index (χ1v) is 10.9. The lowest BCUT2D eigenvalue weighted by molar-refractivity contribution is -0.115. The molecule has 166 valence electrons. The van der Waals surface area contributed by atoms with Gasteiger partial charge in [-0.05, 0) is 28.5 Å². The van der Waals surface area contributed by atoms with Gasteiger partial charge in [-0.3, -0.25) is 15.3 Å². The number of carbonyl (C=O) groups is 2. The van der Waals surface area contributed by atoms with E-state index in [1.165, 1.54) is 0 Å². The lowest BCUT2D eigenvalue weighted by Crippen LogP contribution is -2.46. The Hall–Kier alpha value is -4.17. The number of hydrogen-bond donors (Lipinski definition) is 4. The van der Waals surface area contributed by atoms with Crippen molar-refractivity contribution >= 4 is 34.2 Å². The Labute approximate surface area is 191 Å². The van der Waals surface area contributed by atoms with Gasteiger partial charge >= 0.3 is 6.03 Å². The monoisotopic (exact) mass is 440 g/mol. The molecule has 8 nitrogen and oxygen atoms in total. The van der Waals surface area contributed by atoms with E-state index in [1.807, 2.05) is 77.8 Å². The van der Waals surface area contributed by atoms with Gasteiger partial charge in [0.2, 0.25) is 5.91 Å². The maximum atomic E-state index is 12.8. The van der Waals surface area contributed by atoms with Crippen LogP contribution in [0.15, 0.2) is 72.8 Å². The maximum Gasteiger partial charge on any atom is 0.333 e. The molecule has 1 aliphatic heterocycles. The molecular formula is C25H24N6O2. The molecule has 8 heteroatoms. The van der Waals surface area contributed by atoms with Crippen molar-refractivity contribution in [1.29, 1.82) is 0 Å². The Morgan fingerprint density at radius 3 is 2.61 bits per heavy atom. The largest absolute Gasteiger partial charge is 0.333 e. The van der Waals surface area contributed by atoms with Crippen LogP contribution < -0.4 is 16.1 Å². The second-order valence-corrected chi connectivity index (χ2v) is 7.99. The van der Waals surface area contributed by atoms with Crippen LogP contribution in [-0.2, 0) is 24.2 Å².